The molecule has 4 heterocycles. The lowest BCUT2D eigenvalue weighted by Gasteiger charge is -2.38. The number of piperidine rings is 1. The zero-order valence-electron chi connectivity index (χ0n) is 15.5. The molecule has 1 aromatic carbocycles. The lowest BCUT2D eigenvalue weighted by molar-refractivity contribution is 0.176. The first-order chi connectivity index (χ1) is 13.6. The SMILES string of the molecule is CN(c1cnc(-c2cc3cnccc3cc2O)nn1)[C@H]1CC2CCC(N2)[C@H]1F. The lowest BCUT2D eigenvalue weighted by Crippen LogP contribution is -2.55. The van der Waals surface area contributed by atoms with Crippen LogP contribution in [0.4, 0.5) is 10.2 Å². The second-order valence-electron chi connectivity index (χ2n) is 7.64. The first-order valence-electron chi connectivity index (χ1n) is 9.50. The van der Waals surface area contributed by atoms with Crippen molar-refractivity contribution in [2.24, 2.45) is 0 Å². The summed E-state index contributed by atoms with van der Waals surface area (Å²) in [5.74, 6) is 0.933. The first-order valence-corrected chi connectivity index (χ1v) is 9.50. The van der Waals surface area contributed by atoms with Gasteiger partial charge in [-0.05, 0) is 42.8 Å². The van der Waals surface area contributed by atoms with Crippen LogP contribution in [0.2, 0.25) is 0 Å². The van der Waals surface area contributed by atoms with E-state index in [1.807, 2.05) is 18.0 Å². The van der Waals surface area contributed by atoms with Gasteiger partial charge in [0.15, 0.2) is 11.6 Å². The van der Waals surface area contributed by atoms with Crippen LogP contribution in [-0.4, -0.2) is 56.6 Å². The molecule has 0 aliphatic carbocycles. The standard InChI is InChI=1S/C20H21FN6O/c1-27(16-8-13-2-3-15(24-13)19(16)21)18-10-23-20(26-25-18)14-6-12-9-22-5-4-11(12)7-17(14)28/h4-7,9-10,13,15-16,19,24,28H,2-3,8H2,1H3/t13?,15?,16-,19+/m0/s1. The number of pyridine rings is 1. The summed E-state index contributed by atoms with van der Waals surface area (Å²) >= 11 is 0. The normalized spacial score (nSPS) is 26.5. The van der Waals surface area contributed by atoms with Crippen molar-refractivity contribution in [3.8, 4) is 17.1 Å². The molecule has 0 amide bonds. The fraction of sp³-hybridized carbons (Fsp3) is 0.400. The van der Waals surface area contributed by atoms with E-state index in [2.05, 4.69) is 25.5 Å². The fourth-order valence-corrected chi connectivity index (χ4v) is 4.38. The Morgan fingerprint density at radius 3 is 2.89 bits per heavy atom. The van der Waals surface area contributed by atoms with Gasteiger partial charge in [0.2, 0.25) is 0 Å². The van der Waals surface area contributed by atoms with E-state index in [0.717, 1.165) is 30.0 Å². The predicted octanol–water partition coefficient (Wildman–Crippen LogP) is 2.46. The molecule has 2 aliphatic heterocycles. The van der Waals surface area contributed by atoms with Crippen LogP contribution in [0.1, 0.15) is 19.3 Å². The Kier molecular flexibility index (Phi) is 4.08. The summed E-state index contributed by atoms with van der Waals surface area (Å²) in [6, 6.07) is 5.34. The Morgan fingerprint density at radius 1 is 1.18 bits per heavy atom. The fourth-order valence-electron chi connectivity index (χ4n) is 4.38. The van der Waals surface area contributed by atoms with Crippen LogP contribution >= 0.6 is 0 Å². The third kappa shape index (κ3) is 2.84. The Balaban J connectivity index is 1.42. The Hall–Kier alpha value is -2.87. The van der Waals surface area contributed by atoms with Gasteiger partial charge >= 0.3 is 0 Å². The number of nitrogens with zero attached hydrogens (tertiary/aromatic N) is 5. The van der Waals surface area contributed by atoms with Crippen molar-refractivity contribution in [3.63, 3.8) is 0 Å². The van der Waals surface area contributed by atoms with Crippen LogP contribution in [0.15, 0.2) is 36.8 Å². The molecule has 3 aromatic rings. The highest BCUT2D eigenvalue weighted by atomic mass is 19.1. The largest absolute Gasteiger partial charge is 0.507 e. The summed E-state index contributed by atoms with van der Waals surface area (Å²) < 4.78 is 14.8. The average molecular weight is 380 g/mol. The number of alkyl halides is 1. The van der Waals surface area contributed by atoms with Crippen molar-refractivity contribution in [3.05, 3.63) is 36.8 Å². The van der Waals surface area contributed by atoms with Crippen LogP contribution in [0, 0.1) is 0 Å². The van der Waals surface area contributed by atoms with Gasteiger partial charge in [0.05, 0.1) is 17.8 Å². The molecule has 0 saturated carbocycles. The maximum absolute atomic E-state index is 14.8. The molecule has 2 unspecified atom stereocenters. The Morgan fingerprint density at radius 2 is 2.07 bits per heavy atom. The van der Waals surface area contributed by atoms with Crippen molar-refractivity contribution in [2.75, 3.05) is 11.9 Å². The molecule has 0 radical (unpaired) electrons. The zero-order valence-corrected chi connectivity index (χ0v) is 15.5. The average Bonchev–Trinajstić information content (AvgIpc) is 3.13. The quantitative estimate of drug-likeness (QED) is 0.722. The van der Waals surface area contributed by atoms with Crippen LogP contribution in [-0.2, 0) is 0 Å². The number of rotatable bonds is 3. The molecular weight excluding hydrogens is 359 g/mol. The van der Waals surface area contributed by atoms with Gasteiger partial charge < -0.3 is 15.3 Å². The maximum atomic E-state index is 14.8. The summed E-state index contributed by atoms with van der Waals surface area (Å²) in [5, 5.41) is 23.9. The monoisotopic (exact) mass is 380 g/mol. The Bertz CT molecular complexity index is 1010. The van der Waals surface area contributed by atoms with E-state index < -0.39 is 6.17 Å². The zero-order chi connectivity index (χ0) is 19.3. The molecule has 2 N–H and O–H groups in total. The number of halogens is 1. The van der Waals surface area contributed by atoms with E-state index in [9.17, 15) is 9.50 Å². The van der Waals surface area contributed by atoms with Gasteiger partial charge in [0.1, 0.15) is 11.9 Å². The van der Waals surface area contributed by atoms with Gasteiger partial charge in [-0.3, -0.25) is 4.98 Å². The second kappa shape index (κ2) is 6.63. The van der Waals surface area contributed by atoms with E-state index >= 15 is 0 Å². The molecule has 144 valence electrons. The molecule has 4 atom stereocenters. The molecule has 7 nitrogen and oxygen atoms in total. The number of phenolic OH excluding ortho intramolecular Hbond substituents is 1. The molecule has 5 rings (SSSR count). The van der Waals surface area contributed by atoms with Crippen LogP contribution < -0.4 is 10.2 Å². The van der Waals surface area contributed by atoms with E-state index in [1.165, 1.54) is 0 Å². The molecule has 2 aromatic heterocycles. The van der Waals surface area contributed by atoms with Gasteiger partial charge in [-0.2, -0.15) is 0 Å². The maximum Gasteiger partial charge on any atom is 0.185 e. The summed E-state index contributed by atoms with van der Waals surface area (Å²) in [6.07, 6.45) is 6.70. The first kappa shape index (κ1) is 17.2. The third-order valence-corrected chi connectivity index (χ3v) is 5.96. The number of aromatic nitrogens is 4. The van der Waals surface area contributed by atoms with Crippen molar-refractivity contribution in [1.82, 2.24) is 25.5 Å². The van der Waals surface area contributed by atoms with Crippen LogP contribution in [0.5, 0.6) is 5.75 Å². The Labute approximate surface area is 161 Å². The van der Waals surface area contributed by atoms with E-state index in [0.29, 0.717) is 23.2 Å². The van der Waals surface area contributed by atoms with Crippen LogP contribution in [0.3, 0.4) is 0 Å². The summed E-state index contributed by atoms with van der Waals surface area (Å²) in [6.45, 7) is 0. The summed E-state index contributed by atoms with van der Waals surface area (Å²) in [4.78, 5) is 10.3. The molecule has 28 heavy (non-hydrogen) atoms. The summed E-state index contributed by atoms with van der Waals surface area (Å²) in [7, 11) is 1.84. The number of nitrogens with one attached hydrogen (secondary N) is 1. The van der Waals surface area contributed by atoms with Crippen molar-refractivity contribution in [1.29, 1.82) is 0 Å². The second-order valence-corrected chi connectivity index (χ2v) is 7.64. The highest BCUT2D eigenvalue weighted by Crippen LogP contribution is 2.34. The van der Waals surface area contributed by atoms with Crippen molar-refractivity contribution < 1.29 is 9.50 Å². The number of phenols is 1. The number of fused-ring (bicyclic) bond motifs is 3. The van der Waals surface area contributed by atoms with Crippen molar-refractivity contribution in [2.45, 2.75) is 43.6 Å². The minimum atomic E-state index is -0.942. The highest BCUT2D eigenvalue weighted by Gasteiger charge is 2.43. The van der Waals surface area contributed by atoms with Crippen molar-refractivity contribution >= 4 is 16.6 Å². The van der Waals surface area contributed by atoms with Gasteiger partial charge in [-0.15, -0.1) is 10.2 Å². The number of anilines is 1. The van der Waals surface area contributed by atoms with Gasteiger partial charge in [-0.1, -0.05) is 0 Å². The molecule has 2 bridgehead atoms. The lowest BCUT2D eigenvalue weighted by atomic mass is 9.96. The molecular formula is C20H21FN6O. The van der Waals surface area contributed by atoms with Crippen LogP contribution in [0.25, 0.3) is 22.2 Å². The smallest absolute Gasteiger partial charge is 0.185 e. The van der Waals surface area contributed by atoms with Gasteiger partial charge in [0, 0.05) is 36.9 Å². The summed E-state index contributed by atoms with van der Waals surface area (Å²) in [5.41, 5.74) is 0.491. The molecule has 2 aliphatic rings. The van der Waals surface area contributed by atoms with Gasteiger partial charge in [0.25, 0.3) is 0 Å². The predicted molar refractivity (Wildman–Crippen MR) is 104 cm³/mol. The highest BCUT2D eigenvalue weighted by molar-refractivity contribution is 5.88. The molecule has 2 saturated heterocycles. The number of benzene rings is 1. The number of hydrogen-bond donors (Lipinski definition) is 2. The van der Waals surface area contributed by atoms with Gasteiger partial charge in [-0.25, -0.2) is 9.37 Å². The number of aromatic hydroxyl groups is 1. The molecule has 8 heteroatoms. The minimum absolute atomic E-state index is 0.0745. The number of hydrogen-bond acceptors (Lipinski definition) is 7. The van der Waals surface area contributed by atoms with E-state index in [4.69, 9.17) is 0 Å². The molecule has 2 fully saturated rings. The minimum Gasteiger partial charge on any atom is -0.507 e. The third-order valence-electron chi connectivity index (χ3n) is 5.96. The van der Waals surface area contributed by atoms with E-state index in [1.54, 1.807) is 30.7 Å². The topological polar surface area (TPSA) is 87.1 Å². The van der Waals surface area contributed by atoms with E-state index in [-0.39, 0.29) is 17.8 Å². The molecule has 0 spiro atoms.